The van der Waals surface area contributed by atoms with Crippen LogP contribution in [0.2, 0.25) is 0 Å². The molecule has 7 heteroatoms. The second-order valence-corrected chi connectivity index (χ2v) is 4.52. The van der Waals surface area contributed by atoms with Crippen molar-refractivity contribution in [3.05, 3.63) is 11.4 Å². The maximum Gasteiger partial charge on any atom is 0.278 e. The van der Waals surface area contributed by atoms with Crippen molar-refractivity contribution in [2.75, 3.05) is 19.6 Å². The minimum Gasteiger partial charge on any atom is -0.335 e. The first-order valence-electron chi connectivity index (χ1n) is 5.57. The Morgan fingerprint density at radius 2 is 2.29 bits per heavy atom. The van der Waals surface area contributed by atoms with E-state index in [0.717, 1.165) is 26.1 Å². The van der Waals surface area contributed by atoms with Crippen LogP contribution in [0.3, 0.4) is 0 Å². The second-order valence-electron chi connectivity index (χ2n) is 4.52. The lowest BCUT2D eigenvalue weighted by Crippen LogP contribution is -2.34. The summed E-state index contributed by atoms with van der Waals surface area (Å²) in [5.41, 5.74) is 0.912. The molecule has 94 valence electrons. The van der Waals surface area contributed by atoms with E-state index in [-0.39, 0.29) is 18.3 Å². The molecule has 2 atom stereocenters. The zero-order valence-corrected chi connectivity index (χ0v) is 10.4. The molecule has 2 aliphatic heterocycles. The van der Waals surface area contributed by atoms with Gasteiger partial charge in [-0.05, 0) is 31.0 Å². The van der Waals surface area contributed by atoms with Gasteiger partial charge in [-0.15, -0.1) is 12.4 Å². The van der Waals surface area contributed by atoms with Crippen molar-refractivity contribution < 1.29 is 9.42 Å². The lowest BCUT2D eigenvalue weighted by Gasteiger charge is -2.15. The van der Waals surface area contributed by atoms with E-state index in [1.807, 2.05) is 4.90 Å². The Morgan fingerprint density at radius 3 is 2.94 bits per heavy atom. The maximum absolute atomic E-state index is 12.1. The topological polar surface area (TPSA) is 71.3 Å². The fourth-order valence-corrected chi connectivity index (χ4v) is 2.59. The van der Waals surface area contributed by atoms with Crippen LogP contribution in [0, 0.1) is 12.8 Å². The summed E-state index contributed by atoms with van der Waals surface area (Å²) in [6, 6.07) is 0.462. The van der Waals surface area contributed by atoms with Crippen LogP contribution in [0.15, 0.2) is 4.63 Å². The molecule has 2 saturated heterocycles. The van der Waals surface area contributed by atoms with E-state index in [1.54, 1.807) is 6.92 Å². The molecule has 1 N–H and O–H groups in total. The van der Waals surface area contributed by atoms with Gasteiger partial charge in [-0.3, -0.25) is 4.79 Å². The Labute approximate surface area is 105 Å². The zero-order valence-electron chi connectivity index (χ0n) is 9.55. The Bertz CT molecular complexity index is 410. The molecular formula is C10H15ClN4O2. The Morgan fingerprint density at radius 1 is 1.47 bits per heavy atom. The van der Waals surface area contributed by atoms with Gasteiger partial charge in [0.15, 0.2) is 5.69 Å². The molecule has 2 aliphatic rings. The molecule has 6 nitrogen and oxygen atoms in total. The average molecular weight is 259 g/mol. The van der Waals surface area contributed by atoms with Gasteiger partial charge in [0.1, 0.15) is 5.69 Å². The third-order valence-electron chi connectivity index (χ3n) is 3.51. The Hall–Kier alpha value is -1.14. The monoisotopic (exact) mass is 258 g/mol. The number of fused-ring (bicyclic) bond motifs is 1. The fraction of sp³-hybridized carbons (Fsp3) is 0.700. The lowest BCUT2D eigenvalue weighted by atomic mass is 10.1. The number of halogens is 1. The molecule has 0 aromatic carbocycles. The highest BCUT2D eigenvalue weighted by molar-refractivity contribution is 5.93. The summed E-state index contributed by atoms with van der Waals surface area (Å²) in [6.45, 7) is 4.40. The second kappa shape index (κ2) is 4.62. The van der Waals surface area contributed by atoms with E-state index in [2.05, 4.69) is 20.3 Å². The fourth-order valence-electron chi connectivity index (χ4n) is 2.59. The molecule has 1 aromatic heterocycles. The minimum absolute atomic E-state index is 0. The molecule has 1 aromatic rings. The predicted molar refractivity (Wildman–Crippen MR) is 62.1 cm³/mol. The van der Waals surface area contributed by atoms with Gasteiger partial charge in [-0.1, -0.05) is 5.16 Å². The molecule has 0 aliphatic carbocycles. The van der Waals surface area contributed by atoms with Crippen LogP contribution >= 0.6 is 12.4 Å². The van der Waals surface area contributed by atoms with E-state index in [4.69, 9.17) is 0 Å². The average Bonchev–Trinajstić information content (AvgIpc) is 2.89. The molecule has 2 fully saturated rings. The van der Waals surface area contributed by atoms with Crippen molar-refractivity contribution in [3.63, 3.8) is 0 Å². The number of nitrogens with one attached hydrogen (secondary N) is 1. The van der Waals surface area contributed by atoms with E-state index in [0.29, 0.717) is 23.3 Å². The smallest absolute Gasteiger partial charge is 0.278 e. The lowest BCUT2D eigenvalue weighted by molar-refractivity contribution is 0.0771. The standard InChI is InChI=1S/C10H14N4O2.ClH/c1-6-9(13-16-12-6)10(15)14-4-7-2-3-11-8(7)5-14;/h7-8,11H,2-5H2,1H3;1H/t7-,8+;/m0./s1. The number of hydrogen-bond donors (Lipinski definition) is 1. The quantitative estimate of drug-likeness (QED) is 0.781. The van der Waals surface area contributed by atoms with E-state index in [9.17, 15) is 4.79 Å². The van der Waals surface area contributed by atoms with Crippen molar-refractivity contribution >= 4 is 18.3 Å². The third-order valence-corrected chi connectivity index (χ3v) is 3.51. The van der Waals surface area contributed by atoms with Crippen molar-refractivity contribution in [2.24, 2.45) is 5.92 Å². The number of hydrogen-bond acceptors (Lipinski definition) is 5. The number of aromatic nitrogens is 2. The molecule has 0 spiro atoms. The van der Waals surface area contributed by atoms with Crippen LogP contribution in [-0.4, -0.2) is 46.8 Å². The molecule has 1 amide bonds. The van der Waals surface area contributed by atoms with Gasteiger partial charge in [-0.25, -0.2) is 4.63 Å². The van der Waals surface area contributed by atoms with Crippen LogP contribution < -0.4 is 5.32 Å². The first-order chi connectivity index (χ1) is 7.75. The van der Waals surface area contributed by atoms with E-state index >= 15 is 0 Å². The summed E-state index contributed by atoms with van der Waals surface area (Å²) < 4.78 is 4.56. The van der Waals surface area contributed by atoms with Crippen LogP contribution in [0.4, 0.5) is 0 Å². The zero-order chi connectivity index (χ0) is 11.1. The normalized spacial score (nSPS) is 26.8. The number of rotatable bonds is 1. The molecule has 0 saturated carbocycles. The highest BCUT2D eigenvalue weighted by Gasteiger charge is 2.39. The Balaban J connectivity index is 0.00000108. The number of likely N-dealkylation sites (tertiary alicyclic amines) is 1. The van der Waals surface area contributed by atoms with Gasteiger partial charge in [0.25, 0.3) is 5.91 Å². The van der Waals surface area contributed by atoms with E-state index in [1.165, 1.54) is 0 Å². The van der Waals surface area contributed by atoms with Gasteiger partial charge in [0.2, 0.25) is 0 Å². The SMILES string of the molecule is Cc1nonc1C(=O)N1C[C@@H]2CCN[C@@H]2C1.Cl. The summed E-state index contributed by atoms with van der Waals surface area (Å²) in [7, 11) is 0. The highest BCUT2D eigenvalue weighted by atomic mass is 35.5. The van der Waals surface area contributed by atoms with Crippen molar-refractivity contribution in [2.45, 2.75) is 19.4 Å². The van der Waals surface area contributed by atoms with E-state index < -0.39 is 0 Å². The van der Waals surface area contributed by atoms with Gasteiger partial charge < -0.3 is 10.2 Å². The molecule has 17 heavy (non-hydrogen) atoms. The van der Waals surface area contributed by atoms with Gasteiger partial charge in [0.05, 0.1) is 0 Å². The predicted octanol–water partition coefficient (Wildman–Crippen LogP) is 0.234. The first-order valence-corrected chi connectivity index (χ1v) is 5.57. The van der Waals surface area contributed by atoms with Crippen LogP contribution in [0.25, 0.3) is 0 Å². The van der Waals surface area contributed by atoms with Gasteiger partial charge >= 0.3 is 0 Å². The molecule has 0 bridgehead atoms. The number of carbonyl (C=O) groups excluding carboxylic acids is 1. The molecular weight excluding hydrogens is 244 g/mol. The number of carbonyl (C=O) groups is 1. The molecule has 0 unspecified atom stereocenters. The van der Waals surface area contributed by atoms with Crippen LogP contribution in [0.1, 0.15) is 22.6 Å². The van der Waals surface area contributed by atoms with Crippen molar-refractivity contribution in [1.82, 2.24) is 20.5 Å². The molecule has 3 rings (SSSR count). The summed E-state index contributed by atoms with van der Waals surface area (Å²) >= 11 is 0. The van der Waals surface area contributed by atoms with Gasteiger partial charge in [0, 0.05) is 19.1 Å². The van der Waals surface area contributed by atoms with Crippen molar-refractivity contribution in [3.8, 4) is 0 Å². The van der Waals surface area contributed by atoms with Crippen LogP contribution in [-0.2, 0) is 0 Å². The Kier molecular flexibility index (Phi) is 3.35. The first kappa shape index (κ1) is 12.3. The van der Waals surface area contributed by atoms with Crippen molar-refractivity contribution in [1.29, 1.82) is 0 Å². The van der Waals surface area contributed by atoms with Crippen LogP contribution in [0.5, 0.6) is 0 Å². The molecule has 0 radical (unpaired) electrons. The largest absolute Gasteiger partial charge is 0.335 e. The summed E-state index contributed by atoms with van der Waals surface area (Å²) in [5, 5.41) is 10.7. The van der Waals surface area contributed by atoms with Gasteiger partial charge in [-0.2, -0.15) is 0 Å². The molecule has 3 heterocycles. The maximum atomic E-state index is 12.1. The third kappa shape index (κ3) is 2.02. The number of aryl methyl sites for hydroxylation is 1. The highest BCUT2D eigenvalue weighted by Crippen LogP contribution is 2.25. The summed E-state index contributed by atoms with van der Waals surface area (Å²) in [4.78, 5) is 13.9. The minimum atomic E-state index is -0.0602. The number of amides is 1. The number of nitrogens with zero attached hydrogens (tertiary/aromatic N) is 3. The summed E-state index contributed by atoms with van der Waals surface area (Å²) in [6.07, 6.45) is 1.16. The summed E-state index contributed by atoms with van der Waals surface area (Å²) in [5.74, 6) is 0.541.